The van der Waals surface area contributed by atoms with Crippen LogP contribution in [-0.2, 0) is 22.5 Å². The lowest BCUT2D eigenvalue weighted by Crippen LogP contribution is -2.39. The highest BCUT2D eigenvalue weighted by Gasteiger charge is 2.37. The molecule has 176 valence electrons. The van der Waals surface area contributed by atoms with E-state index in [9.17, 15) is 9.59 Å². The quantitative estimate of drug-likeness (QED) is 0.348. The van der Waals surface area contributed by atoms with Gasteiger partial charge in [0.1, 0.15) is 12.3 Å². The van der Waals surface area contributed by atoms with Gasteiger partial charge in [-0.1, -0.05) is 31.2 Å². The van der Waals surface area contributed by atoms with E-state index in [-0.39, 0.29) is 30.9 Å². The maximum atomic E-state index is 13.0. The molecule has 0 atom stereocenters. The lowest BCUT2D eigenvalue weighted by Gasteiger charge is -2.28. The van der Waals surface area contributed by atoms with E-state index in [2.05, 4.69) is 6.92 Å². The molecule has 1 saturated heterocycles. The number of aryl methyl sites for hydroxylation is 3. The van der Waals surface area contributed by atoms with Gasteiger partial charge in [-0.15, -0.1) is 0 Å². The van der Waals surface area contributed by atoms with Gasteiger partial charge in [-0.3, -0.25) is 20.0 Å². The fraction of sp³-hybridized carbons (Fsp3) is 0.423. The van der Waals surface area contributed by atoms with Crippen LogP contribution < -0.4 is 9.64 Å². The molecular formula is C26H33N3O4. The summed E-state index contributed by atoms with van der Waals surface area (Å²) < 4.78 is 11.5. The summed E-state index contributed by atoms with van der Waals surface area (Å²) in [5.41, 5.74) is 3.58. The topological polar surface area (TPSA) is 82.9 Å². The molecule has 0 aromatic heterocycles. The van der Waals surface area contributed by atoms with Crippen LogP contribution in [0.4, 0.5) is 10.5 Å². The van der Waals surface area contributed by atoms with E-state index in [1.165, 1.54) is 15.4 Å². The monoisotopic (exact) mass is 451 g/mol. The summed E-state index contributed by atoms with van der Waals surface area (Å²) >= 11 is 0. The Morgan fingerprint density at radius 2 is 1.64 bits per heavy atom. The molecule has 1 aliphatic rings. The smallest absolute Gasteiger partial charge is 0.332 e. The van der Waals surface area contributed by atoms with Gasteiger partial charge in [-0.05, 0) is 75.4 Å². The summed E-state index contributed by atoms with van der Waals surface area (Å²) in [5.74, 6) is 0.514. The molecule has 2 aromatic carbocycles. The van der Waals surface area contributed by atoms with Gasteiger partial charge in [0.15, 0.2) is 5.60 Å². The molecule has 0 aliphatic carbocycles. The van der Waals surface area contributed by atoms with E-state index in [1.807, 2.05) is 57.2 Å². The van der Waals surface area contributed by atoms with Crippen LogP contribution in [0, 0.1) is 19.3 Å². The Balaban J connectivity index is 1.77. The van der Waals surface area contributed by atoms with Crippen LogP contribution in [-0.4, -0.2) is 41.5 Å². The summed E-state index contributed by atoms with van der Waals surface area (Å²) in [5, 5.41) is 8.10. The van der Waals surface area contributed by atoms with Crippen LogP contribution in [0.5, 0.6) is 5.75 Å². The second-order valence-corrected chi connectivity index (χ2v) is 8.80. The average Bonchev–Trinajstić information content (AvgIpc) is 3.05. The van der Waals surface area contributed by atoms with Crippen LogP contribution in [0.1, 0.15) is 49.9 Å². The number of rotatable bonds is 8. The van der Waals surface area contributed by atoms with Crippen molar-refractivity contribution in [2.75, 3.05) is 18.1 Å². The van der Waals surface area contributed by atoms with Crippen molar-refractivity contribution in [3.8, 4) is 5.75 Å². The maximum absolute atomic E-state index is 13.0. The third-order valence-electron chi connectivity index (χ3n) is 5.77. The molecule has 0 bridgehead atoms. The van der Waals surface area contributed by atoms with Crippen molar-refractivity contribution < 1.29 is 19.1 Å². The summed E-state index contributed by atoms with van der Waals surface area (Å²) in [6.07, 6.45) is 0.918. The molecule has 1 heterocycles. The van der Waals surface area contributed by atoms with Crippen molar-refractivity contribution in [2.24, 2.45) is 0 Å². The molecule has 0 radical (unpaired) electrons. The molecule has 1 aliphatic heterocycles. The van der Waals surface area contributed by atoms with E-state index < -0.39 is 5.60 Å². The lowest BCUT2D eigenvalue weighted by atomic mass is 10.0. The summed E-state index contributed by atoms with van der Waals surface area (Å²) in [4.78, 5) is 28.5. The molecule has 1 fully saturated rings. The maximum Gasteiger partial charge on any atom is 0.332 e. The van der Waals surface area contributed by atoms with E-state index in [1.54, 1.807) is 13.8 Å². The van der Waals surface area contributed by atoms with E-state index >= 15 is 0 Å². The zero-order chi connectivity index (χ0) is 24.3. The van der Waals surface area contributed by atoms with Gasteiger partial charge in [0, 0.05) is 5.69 Å². The van der Waals surface area contributed by atoms with Gasteiger partial charge in [0.05, 0.1) is 13.2 Å². The van der Waals surface area contributed by atoms with E-state index in [0.29, 0.717) is 12.4 Å². The van der Waals surface area contributed by atoms with Gasteiger partial charge in [0.2, 0.25) is 5.90 Å². The van der Waals surface area contributed by atoms with Gasteiger partial charge < -0.3 is 9.47 Å². The Labute approximate surface area is 195 Å². The number of hydrogen-bond acceptors (Lipinski definition) is 5. The second-order valence-electron chi connectivity index (χ2n) is 8.80. The summed E-state index contributed by atoms with van der Waals surface area (Å²) in [6.45, 7) is 12.0. The molecule has 3 rings (SSSR count). The zero-order valence-corrected chi connectivity index (χ0v) is 20.3. The minimum atomic E-state index is -0.915. The molecule has 0 saturated carbocycles. The number of benzene rings is 2. The number of anilines is 1. The number of carbonyl (C=O) groups excluding carboxylic acids is 2. The first-order valence-electron chi connectivity index (χ1n) is 11.3. The molecule has 1 N–H and O–H groups in total. The van der Waals surface area contributed by atoms with Crippen LogP contribution in [0.25, 0.3) is 0 Å². The van der Waals surface area contributed by atoms with Gasteiger partial charge >= 0.3 is 6.03 Å². The number of nitrogens with one attached hydrogen (secondary N) is 1. The third kappa shape index (κ3) is 5.18. The Morgan fingerprint density at radius 1 is 1.03 bits per heavy atom. The second kappa shape index (κ2) is 9.65. The number of nitrogens with zero attached hydrogens (tertiary/aromatic N) is 2. The first kappa shape index (κ1) is 24.3. The molecule has 7 heteroatoms. The van der Waals surface area contributed by atoms with Crippen molar-refractivity contribution in [1.29, 1.82) is 5.41 Å². The molecular weight excluding hydrogens is 418 g/mol. The molecule has 33 heavy (non-hydrogen) atoms. The summed E-state index contributed by atoms with van der Waals surface area (Å²) in [6, 6.07) is 11.3. The third-order valence-corrected chi connectivity index (χ3v) is 5.77. The van der Waals surface area contributed by atoms with Crippen LogP contribution in [0.15, 0.2) is 36.4 Å². The zero-order valence-electron chi connectivity index (χ0n) is 20.3. The Morgan fingerprint density at radius 3 is 2.18 bits per heavy atom. The number of carbonyl (C=O) groups is 2. The van der Waals surface area contributed by atoms with Crippen molar-refractivity contribution in [3.63, 3.8) is 0 Å². The highest BCUT2D eigenvalue weighted by Crippen LogP contribution is 2.30. The number of hydrogen-bond donors (Lipinski definition) is 1. The van der Waals surface area contributed by atoms with E-state index in [4.69, 9.17) is 14.9 Å². The minimum Gasteiger partial charge on any atom is -0.479 e. The van der Waals surface area contributed by atoms with Crippen molar-refractivity contribution in [1.82, 2.24) is 4.90 Å². The normalized spacial score (nSPS) is 14.1. The SMILES string of the molecule is CCOC(=N)C(C)(C)Oc1c(C)cc(CN2C(=O)CN(c3ccc(CC)cc3)C2=O)cc1C. The molecule has 3 amide bonds. The Bertz CT molecular complexity index is 1040. The number of urea groups is 1. The molecule has 0 spiro atoms. The van der Waals surface area contributed by atoms with Gasteiger partial charge in [0.25, 0.3) is 5.91 Å². The Kier molecular flexibility index (Phi) is 7.10. The number of amides is 3. The fourth-order valence-corrected chi connectivity index (χ4v) is 3.90. The Hall–Kier alpha value is -3.35. The van der Waals surface area contributed by atoms with Crippen LogP contribution in [0.2, 0.25) is 0 Å². The predicted octanol–water partition coefficient (Wildman–Crippen LogP) is 5.01. The van der Waals surface area contributed by atoms with Crippen molar-refractivity contribution in [3.05, 3.63) is 58.7 Å². The van der Waals surface area contributed by atoms with E-state index in [0.717, 1.165) is 28.8 Å². The van der Waals surface area contributed by atoms with Crippen LogP contribution >= 0.6 is 0 Å². The summed E-state index contributed by atoms with van der Waals surface area (Å²) in [7, 11) is 0. The first-order valence-corrected chi connectivity index (χ1v) is 11.3. The largest absolute Gasteiger partial charge is 0.479 e. The van der Waals surface area contributed by atoms with Crippen molar-refractivity contribution in [2.45, 2.75) is 60.1 Å². The number of ether oxygens (including phenoxy) is 2. The van der Waals surface area contributed by atoms with Crippen LogP contribution in [0.3, 0.4) is 0 Å². The molecule has 0 unspecified atom stereocenters. The standard InChI is InChI=1S/C26H33N3O4/c1-7-19-9-11-21(12-10-19)28-16-22(30)29(25(28)31)15-20-13-17(3)23(18(4)14-20)33-26(5,6)24(27)32-8-2/h9-14,27H,7-8,15-16H2,1-6H3. The highest BCUT2D eigenvalue weighted by atomic mass is 16.5. The van der Waals surface area contributed by atoms with Gasteiger partial charge in [-0.2, -0.15) is 0 Å². The molecule has 7 nitrogen and oxygen atoms in total. The highest BCUT2D eigenvalue weighted by molar-refractivity contribution is 6.12. The first-order chi connectivity index (χ1) is 15.6. The fourth-order valence-electron chi connectivity index (χ4n) is 3.90. The molecule has 2 aromatic rings. The van der Waals surface area contributed by atoms with Gasteiger partial charge in [-0.25, -0.2) is 4.79 Å². The predicted molar refractivity (Wildman–Crippen MR) is 129 cm³/mol. The number of imide groups is 1. The lowest BCUT2D eigenvalue weighted by molar-refractivity contribution is -0.125. The van der Waals surface area contributed by atoms with Crippen molar-refractivity contribution >= 4 is 23.5 Å². The average molecular weight is 452 g/mol. The minimum absolute atomic E-state index is 0.0389.